The number of nitriles is 1. The fourth-order valence-corrected chi connectivity index (χ4v) is 13.9. The van der Waals surface area contributed by atoms with Crippen LogP contribution in [0.2, 0.25) is 0 Å². The van der Waals surface area contributed by atoms with Crippen molar-refractivity contribution in [3.63, 3.8) is 0 Å². The molecule has 14 rings (SSSR count). The van der Waals surface area contributed by atoms with Crippen molar-refractivity contribution in [1.82, 2.24) is 15.0 Å². The van der Waals surface area contributed by atoms with Gasteiger partial charge in [-0.3, -0.25) is 4.85 Å². The van der Waals surface area contributed by atoms with Gasteiger partial charge in [-0.1, -0.05) is 159 Å². The van der Waals surface area contributed by atoms with Gasteiger partial charge in [-0.15, -0.1) is 89.5 Å². The van der Waals surface area contributed by atoms with E-state index in [1.807, 2.05) is 36.4 Å². The number of hydrogen-bond donors (Lipinski definition) is 0. The Morgan fingerprint density at radius 3 is 1.55 bits per heavy atom. The van der Waals surface area contributed by atoms with Gasteiger partial charge in [-0.25, -0.2) is 0 Å². The summed E-state index contributed by atoms with van der Waals surface area (Å²) in [6, 6.07) is 83.6. The quantitative estimate of drug-likeness (QED) is 0.0903. The Balaban J connectivity index is 0.00000645. The average Bonchev–Trinajstić information content (AvgIpc) is 3.93. The van der Waals surface area contributed by atoms with Crippen molar-refractivity contribution >= 4 is 38.0 Å². The molecule has 0 aliphatic heterocycles. The molecule has 0 radical (unpaired) electrons. The zero-order valence-corrected chi connectivity index (χ0v) is 48.3. The number of aromatic nitrogens is 3. The summed E-state index contributed by atoms with van der Waals surface area (Å²) >= 11 is 0. The van der Waals surface area contributed by atoms with Crippen LogP contribution in [0, 0.1) is 36.1 Å². The van der Waals surface area contributed by atoms with E-state index in [2.05, 4.69) is 199 Å². The molecule has 0 saturated heterocycles. The Morgan fingerprint density at radius 1 is 0.434 bits per heavy atom. The Labute approximate surface area is 499 Å². The van der Waals surface area contributed by atoms with E-state index in [-0.39, 0.29) is 30.9 Å². The van der Waals surface area contributed by atoms with Crippen molar-refractivity contribution < 1.29 is 20.1 Å². The maximum absolute atomic E-state index is 9.67. The average molecular weight is 1240 g/mol. The second kappa shape index (κ2) is 22.6. The molecule has 2 aliphatic rings. The van der Waals surface area contributed by atoms with Gasteiger partial charge in [0.15, 0.2) is 0 Å². The van der Waals surface area contributed by atoms with Crippen LogP contribution in [-0.2, 0) is 43.8 Å². The molecule has 2 saturated carbocycles. The molecular formula is C77H56IrN5. The molecule has 5 nitrogen and oxygen atoms in total. The topological polar surface area (TPSA) is 66.8 Å². The van der Waals surface area contributed by atoms with Crippen molar-refractivity contribution in [1.29, 1.82) is 5.26 Å². The van der Waals surface area contributed by atoms with Gasteiger partial charge in [0.1, 0.15) is 5.69 Å². The fourth-order valence-electron chi connectivity index (χ4n) is 13.9. The van der Waals surface area contributed by atoms with Crippen LogP contribution in [0.4, 0.5) is 5.69 Å². The summed E-state index contributed by atoms with van der Waals surface area (Å²) in [6.07, 6.45) is 17.0. The Bertz CT molecular complexity index is 4310. The molecule has 9 aromatic carbocycles. The summed E-state index contributed by atoms with van der Waals surface area (Å²) in [5.41, 5.74) is 18.1. The summed E-state index contributed by atoms with van der Waals surface area (Å²) in [4.78, 5) is 19.1. The van der Waals surface area contributed by atoms with Crippen LogP contribution in [0.1, 0.15) is 79.2 Å². The Morgan fingerprint density at radius 2 is 0.976 bits per heavy atom. The van der Waals surface area contributed by atoms with Crippen molar-refractivity contribution in [3.05, 3.63) is 276 Å². The first-order chi connectivity index (χ1) is 40.4. The van der Waals surface area contributed by atoms with Crippen molar-refractivity contribution in [3.8, 4) is 73.2 Å². The first kappa shape index (κ1) is 53.2. The minimum atomic E-state index is -0.0987. The number of fused-ring (bicyclic) bond motifs is 6. The van der Waals surface area contributed by atoms with Crippen LogP contribution in [0.5, 0.6) is 0 Å². The van der Waals surface area contributed by atoms with Crippen LogP contribution in [-0.4, -0.2) is 15.0 Å². The maximum atomic E-state index is 9.67. The first-order valence-corrected chi connectivity index (χ1v) is 28.7. The maximum Gasteiger partial charge on any atom is 3.00 e. The summed E-state index contributed by atoms with van der Waals surface area (Å²) in [7, 11) is 0. The smallest absolute Gasteiger partial charge is 0.304 e. The van der Waals surface area contributed by atoms with Crippen LogP contribution in [0.25, 0.3) is 104 Å². The molecule has 0 N–H and O–H groups in total. The predicted molar refractivity (Wildman–Crippen MR) is 333 cm³/mol. The fraction of sp³-hybridized carbons (Fsp3) is 0.156. The zero-order chi connectivity index (χ0) is 55.0. The molecule has 3 heterocycles. The normalized spacial score (nSPS) is 14.3. The number of rotatable bonds is 12. The largest absolute Gasteiger partial charge is 3.00 e. The second-order valence-electron chi connectivity index (χ2n) is 22.7. The van der Waals surface area contributed by atoms with E-state index in [9.17, 15) is 5.26 Å². The van der Waals surface area contributed by atoms with Crippen molar-refractivity contribution in [2.75, 3.05) is 0 Å². The van der Waals surface area contributed by atoms with Gasteiger partial charge in [-0.05, 0) is 150 Å². The molecule has 0 atom stereocenters. The van der Waals surface area contributed by atoms with Crippen LogP contribution in [0.3, 0.4) is 0 Å². The van der Waals surface area contributed by atoms with Gasteiger partial charge in [0.05, 0.1) is 12.6 Å². The zero-order valence-electron chi connectivity index (χ0n) is 45.9. The van der Waals surface area contributed by atoms with Crippen LogP contribution < -0.4 is 0 Å². The first-order valence-electron chi connectivity index (χ1n) is 28.7. The Kier molecular flexibility index (Phi) is 14.5. The van der Waals surface area contributed by atoms with E-state index in [4.69, 9.17) is 21.5 Å². The van der Waals surface area contributed by atoms with E-state index in [0.717, 1.165) is 126 Å². The van der Waals surface area contributed by atoms with Gasteiger partial charge in [0, 0.05) is 35.0 Å². The number of benzene rings is 9. The number of hydrogen-bond acceptors (Lipinski definition) is 4. The molecule has 398 valence electrons. The van der Waals surface area contributed by atoms with Crippen molar-refractivity contribution in [2.45, 2.75) is 75.0 Å². The summed E-state index contributed by atoms with van der Waals surface area (Å²) in [5, 5.41) is 17.1. The van der Waals surface area contributed by atoms with Gasteiger partial charge in [-0.2, -0.15) is 11.3 Å². The third-order valence-electron chi connectivity index (χ3n) is 17.9. The standard InChI is InChI=1S/C77H56N5.Ir/c1-79-62-22-16-21-58(43-62)74-34-31-61(50-81-74)77(37-13-14-38-77)47-54-39-53(46-76(35-11-12-36-76)60-30-33-73(80-49-60)57-20-15-17-52(40-57)48-78)41-59(42-54)63-23-5-6-24-64(63)72-51-82-75(55-18-3-2-4-19-55)45-70(72)56-29-32-69-67-27-8-7-25-65(67)66-26-9-10-28-68(66)71(69)44-56;/h2-10,15-18,22-34,39-45,49-51H,11-14,35-38,46-47H2;/q-3;+3. The van der Waals surface area contributed by atoms with E-state index in [0.29, 0.717) is 11.3 Å². The summed E-state index contributed by atoms with van der Waals surface area (Å²) in [5.74, 6) is 0. The van der Waals surface area contributed by atoms with Gasteiger partial charge >= 0.3 is 20.1 Å². The SMILES string of the molecule is [C-]#[N+]c1cc[c-]c(-c2ccc(C3(Cc4cc(CC5(c6ccc(-c7[c-]ccc(C#N)c7)nc6)CCCC5)cc(-c5ccccc5-c5cnc(-c6[c-]cccc6)cc5-c5ccc6c7ccccc7c7ccccc7c6c5)c4)CCCC3)cn2)c1.[Ir+3]. The Hall–Kier alpha value is -9.16. The van der Waals surface area contributed by atoms with E-state index in [1.165, 1.54) is 60.1 Å². The van der Waals surface area contributed by atoms with E-state index < -0.39 is 0 Å². The molecule has 3 aromatic heterocycles. The summed E-state index contributed by atoms with van der Waals surface area (Å²) < 4.78 is 0. The molecule has 0 spiro atoms. The molecule has 6 heteroatoms. The second-order valence-corrected chi connectivity index (χ2v) is 22.7. The molecule has 12 aromatic rings. The minimum absolute atomic E-state index is 0. The molecule has 2 aliphatic carbocycles. The van der Waals surface area contributed by atoms with E-state index in [1.54, 1.807) is 12.1 Å². The van der Waals surface area contributed by atoms with E-state index >= 15 is 0 Å². The third-order valence-corrected chi connectivity index (χ3v) is 17.9. The molecule has 2 fully saturated rings. The predicted octanol–water partition coefficient (Wildman–Crippen LogP) is 19.3. The minimum Gasteiger partial charge on any atom is -0.304 e. The van der Waals surface area contributed by atoms with Gasteiger partial charge < -0.3 is 15.0 Å². The van der Waals surface area contributed by atoms with Crippen molar-refractivity contribution in [2.24, 2.45) is 0 Å². The molecular weight excluding hydrogens is 1190 g/mol. The summed E-state index contributed by atoms with van der Waals surface area (Å²) in [6.45, 7) is 7.61. The third kappa shape index (κ3) is 10.1. The number of nitrogens with zero attached hydrogens (tertiary/aromatic N) is 5. The molecule has 0 amide bonds. The van der Waals surface area contributed by atoms with Crippen LogP contribution in [0.15, 0.2) is 219 Å². The molecule has 0 bridgehead atoms. The van der Waals surface area contributed by atoms with Crippen LogP contribution >= 0.6 is 0 Å². The molecule has 83 heavy (non-hydrogen) atoms. The van der Waals surface area contributed by atoms with Gasteiger partial charge in [0.25, 0.3) is 0 Å². The number of pyridine rings is 3. The van der Waals surface area contributed by atoms with Gasteiger partial charge in [0.2, 0.25) is 0 Å². The molecule has 0 unspecified atom stereocenters. The monoisotopic (exact) mass is 1240 g/mol.